The number of imidazole rings is 1. The first kappa shape index (κ1) is 11.9. The van der Waals surface area contributed by atoms with Gasteiger partial charge < -0.3 is 5.11 Å². The van der Waals surface area contributed by atoms with Crippen LogP contribution in [0.25, 0.3) is 16.7 Å². The van der Waals surface area contributed by atoms with Gasteiger partial charge in [-0.1, -0.05) is 28.1 Å². The van der Waals surface area contributed by atoms with Gasteiger partial charge in [0, 0.05) is 4.47 Å². The molecule has 0 amide bonds. The third kappa shape index (κ3) is 2.02. The predicted molar refractivity (Wildman–Crippen MR) is 75.7 cm³/mol. The summed E-state index contributed by atoms with van der Waals surface area (Å²) < 4.78 is 2.61. The maximum atomic E-state index is 11.3. The molecule has 5 heteroatoms. The Bertz CT molecular complexity index is 780. The molecule has 0 fully saturated rings. The number of halogens is 1. The van der Waals surface area contributed by atoms with E-state index in [0.717, 1.165) is 15.5 Å². The highest BCUT2D eigenvalue weighted by atomic mass is 79.9. The van der Waals surface area contributed by atoms with Crippen LogP contribution in [0.5, 0.6) is 0 Å². The van der Waals surface area contributed by atoms with E-state index in [1.165, 1.54) is 0 Å². The lowest BCUT2D eigenvalue weighted by Gasteiger charge is -2.08. The van der Waals surface area contributed by atoms with Crippen molar-refractivity contribution in [3.8, 4) is 5.69 Å². The van der Waals surface area contributed by atoms with Gasteiger partial charge in [0.15, 0.2) is 0 Å². The first-order valence-electron chi connectivity index (χ1n) is 5.62. The Balaban J connectivity index is 2.32. The summed E-state index contributed by atoms with van der Waals surface area (Å²) in [6.45, 7) is 0. The second kappa shape index (κ2) is 4.51. The van der Waals surface area contributed by atoms with Crippen LogP contribution in [-0.2, 0) is 0 Å². The molecule has 0 spiro atoms. The zero-order chi connectivity index (χ0) is 13.4. The first-order chi connectivity index (χ1) is 9.16. The van der Waals surface area contributed by atoms with E-state index in [1.807, 2.05) is 24.3 Å². The Labute approximate surface area is 117 Å². The van der Waals surface area contributed by atoms with Crippen molar-refractivity contribution >= 4 is 32.9 Å². The second-order valence-corrected chi connectivity index (χ2v) is 4.99. The Morgan fingerprint density at radius 1 is 1.21 bits per heavy atom. The summed E-state index contributed by atoms with van der Waals surface area (Å²) in [6, 6.07) is 12.7. The summed E-state index contributed by atoms with van der Waals surface area (Å²) in [5, 5.41) is 9.28. The Hall–Kier alpha value is -2.14. The summed E-state index contributed by atoms with van der Waals surface area (Å²) in [5.74, 6) is -0.958. The second-order valence-electron chi connectivity index (χ2n) is 4.07. The van der Waals surface area contributed by atoms with Crippen LogP contribution in [0.4, 0.5) is 0 Å². The molecule has 0 saturated carbocycles. The van der Waals surface area contributed by atoms with E-state index in [0.29, 0.717) is 5.69 Å². The molecule has 3 rings (SSSR count). The minimum Gasteiger partial charge on any atom is -0.478 e. The molecular weight excluding hydrogens is 308 g/mol. The third-order valence-corrected chi connectivity index (χ3v) is 3.40. The van der Waals surface area contributed by atoms with Crippen molar-refractivity contribution in [2.45, 2.75) is 0 Å². The number of benzene rings is 2. The van der Waals surface area contributed by atoms with Gasteiger partial charge >= 0.3 is 5.97 Å². The van der Waals surface area contributed by atoms with Gasteiger partial charge in [-0.3, -0.25) is 4.57 Å². The zero-order valence-corrected chi connectivity index (χ0v) is 11.3. The quantitative estimate of drug-likeness (QED) is 0.787. The van der Waals surface area contributed by atoms with Crippen LogP contribution in [0.2, 0.25) is 0 Å². The third-order valence-electron chi connectivity index (χ3n) is 2.90. The number of para-hydroxylation sites is 2. The van der Waals surface area contributed by atoms with Crippen LogP contribution in [0.3, 0.4) is 0 Å². The van der Waals surface area contributed by atoms with Crippen LogP contribution < -0.4 is 0 Å². The first-order valence-corrected chi connectivity index (χ1v) is 6.41. The van der Waals surface area contributed by atoms with Crippen molar-refractivity contribution in [1.82, 2.24) is 9.55 Å². The number of nitrogens with zero attached hydrogens (tertiary/aromatic N) is 2. The van der Waals surface area contributed by atoms with Gasteiger partial charge in [-0.25, -0.2) is 9.78 Å². The van der Waals surface area contributed by atoms with E-state index in [4.69, 9.17) is 0 Å². The van der Waals surface area contributed by atoms with Gasteiger partial charge in [0.2, 0.25) is 0 Å². The van der Waals surface area contributed by atoms with Crippen molar-refractivity contribution < 1.29 is 9.90 Å². The average molecular weight is 317 g/mol. The van der Waals surface area contributed by atoms with Gasteiger partial charge in [-0.15, -0.1) is 0 Å². The van der Waals surface area contributed by atoms with Crippen molar-refractivity contribution in [2.75, 3.05) is 0 Å². The lowest BCUT2D eigenvalue weighted by atomic mass is 10.1. The molecule has 2 aromatic carbocycles. The minimum atomic E-state index is -0.958. The molecule has 94 valence electrons. The Morgan fingerprint density at radius 3 is 2.79 bits per heavy atom. The molecule has 0 aliphatic rings. The fourth-order valence-corrected chi connectivity index (χ4v) is 2.39. The Kier molecular flexibility index (Phi) is 2.83. The highest BCUT2D eigenvalue weighted by Gasteiger charge is 2.14. The number of rotatable bonds is 2. The van der Waals surface area contributed by atoms with Crippen LogP contribution in [-0.4, -0.2) is 20.6 Å². The molecule has 4 nitrogen and oxygen atoms in total. The van der Waals surface area contributed by atoms with E-state index in [-0.39, 0.29) is 5.56 Å². The molecule has 1 aromatic heterocycles. The van der Waals surface area contributed by atoms with Crippen molar-refractivity contribution in [2.24, 2.45) is 0 Å². The molecule has 1 heterocycles. The van der Waals surface area contributed by atoms with Crippen LogP contribution in [0, 0.1) is 0 Å². The summed E-state index contributed by atoms with van der Waals surface area (Å²) >= 11 is 3.37. The van der Waals surface area contributed by atoms with E-state index >= 15 is 0 Å². The summed E-state index contributed by atoms with van der Waals surface area (Å²) in [4.78, 5) is 15.6. The van der Waals surface area contributed by atoms with E-state index < -0.39 is 5.97 Å². The molecule has 0 atom stereocenters. The SMILES string of the molecule is O=C(O)c1ccc(Br)cc1-n1cnc2ccccc21. The van der Waals surface area contributed by atoms with E-state index in [1.54, 1.807) is 29.1 Å². The topological polar surface area (TPSA) is 55.1 Å². The summed E-state index contributed by atoms with van der Waals surface area (Å²) in [6.07, 6.45) is 1.64. The largest absolute Gasteiger partial charge is 0.478 e. The summed E-state index contributed by atoms with van der Waals surface area (Å²) in [7, 11) is 0. The molecular formula is C14H9BrN2O2. The van der Waals surface area contributed by atoms with Crippen molar-refractivity contribution in [3.05, 3.63) is 58.8 Å². The van der Waals surface area contributed by atoms with Crippen LogP contribution in [0.15, 0.2) is 53.3 Å². The lowest BCUT2D eigenvalue weighted by Crippen LogP contribution is -2.04. The highest BCUT2D eigenvalue weighted by molar-refractivity contribution is 9.10. The van der Waals surface area contributed by atoms with E-state index in [2.05, 4.69) is 20.9 Å². The fraction of sp³-hybridized carbons (Fsp3) is 0. The summed E-state index contributed by atoms with van der Waals surface area (Å²) in [5.41, 5.74) is 2.55. The van der Waals surface area contributed by atoms with Crippen LogP contribution in [0.1, 0.15) is 10.4 Å². The molecule has 0 radical (unpaired) electrons. The number of aromatic carboxylic acids is 1. The number of carboxylic acid groups (broad SMARTS) is 1. The smallest absolute Gasteiger partial charge is 0.337 e. The fourth-order valence-electron chi connectivity index (χ4n) is 2.04. The monoisotopic (exact) mass is 316 g/mol. The van der Waals surface area contributed by atoms with Gasteiger partial charge in [0.1, 0.15) is 6.33 Å². The number of carbonyl (C=O) groups is 1. The molecule has 0 aliphatic heterocycles. The van der Waals surface area contributed by atoms with Crippen molar-refractivity contribution in [3.63, 3.8) is 0 Å². The molecule has 1 N–H and O–H groups in total. The molecule has 0 bridgehead atoms. The number of aromatic nitrogens is 2. The number of hydrogen-bond donors (Lipinski definition) is 1. The zero-order valence-electron chi connectivity index (χ0n) is 9.75. The molecule has 0 unspecified atom stereocenters. The predicted octanol–water partition coefficient (Wildman–Crippen LogP) is 3.49. The lowest BCUT2D eigenvalue weighted by molar-refractivity contribution is 0.0697. The van der Waals surface area contributed by atoms with Crippen molar-refractivity contribution in [1.29, 1.82) is 0 Å². The highest BCUT2D eigenvalue weighted by Crippen LogP contribution is 2.24. The standard InChI is InChI=1S/C14H9BrN2O2/c15-9-5-6-10(14(18)19)13(7-9)17-8-16-11-3-1-2-4-12(11)17/h1-8H,(H,18,19). The molecule has 19 heavy (non-hydrogen) atoms. The van der Waals surface area contributed by atoms with Gasteiger partial charge in [-0.05, 0) is 30.3 Å². The molecule has 0 saturated heterocycles. The van der Waals surface area contributed by atoms with E-state index in [9.17, 15) is 9.90 Å². The minimum absolute atomic E-state index is 0.242. The van der Waals surface area contributed by atoms with Gasteiger partial charge in [-0.2, -0.15) is 0 Å². The van der Waals surface area contributed by atoms with Crippen LogP contribution >= 0.6 is 15.9 Å². The number of hydrogen-bond acceptors (Lipinski definition) is 2. The normalized spacial score (nSPS) is 10.8. The van der Waals surface area contributed by atoms with Gasteiger partial charge in [0.05, 0.1) is 22.3 Å². The molecule has 0 aliphatic carbocycles. The maximum absolute atomic E-state index is 11.3. The molecule has 3 aromatic rings. The van der Waals surface area contributed by atoms with Gasteiger partial charge in [0.25, 0.3) is 0 Å². The Morgan fingerprint density at radius 2 is 2.00 bits per heavy atom. The average Bonchev–Trinajstić information content (AvgIpc) is 2.82. The number of fused-ring (bicyclic) bond motifs is 1. The number of carboxylic acids is 1. The maximum Gasteiger partial charge on any atom is 0.337 e.